The van der Waals surface area contributed by atoms with E-state index >= 15 is 0 Å². The Morgan fingerprint density at radius 2 is 2.29 bits per heavy atom. The highest BCUT2D eigenvalue weighted by molar-refractivity contribution is 7.22. The van der Waals surface area contributed by atoms with E-state index in [4.69, 9.17) is 0 Å². The summed E-state index contributed by atoms with van der Waals surface area (Å²) in [5.74, 6) is 0.305. The molecule has 1 saturated carbocycles. The van der Waals surface area contributed by atoms with E-state index in [2.05, 4.69) is 10.3 Å². The van der Waals surface area contributed by atoms with Crippen LogP contribution < -0.4 is 5.32 Å². The highest BCUT2D eigenvalue weighted by atomic mass is 32.1. The molecular weight excluding hydrogens is 196 g/mol. The molecule has 1 aliphatic carbocycles. The number of aromatic nitrogens is 1. The third kappa shape index (κ3) is 1.42. The summed E-state index contributed by atoms with van der Waals surface area (Å²) < 4.78 is 1.04. The molecule has 72 valence electrons. The van der Waals surface area contributed by atoms with Gasteiger partial charge in [0.25, 0.3) is 0 Å². The van der Waals surface area contributed by atoms with Crippen molar-refractivity contribution in [3.05, 3.63) is 18.2 Å². The molecule has 0 unspecified atom stereocenters. The van der Waals surface area contributed by atoms with Gasteiger partial charge in [0, 0.05) is 6.04 Å². The molecular formula is C10H10N2OS. The molecule has 1 aromatic heterocycles. The fourth-order valence-electron chi connectivity index (χ4n) is 1.38. The van der Waals surface area contributed by atoms with Crippen molar-refractivity contribution in [2.75, 3.05) is 5.32 Å². The molecule has 0 atom stereocenters. The molecule has 1 fully saturated rings. The third-order valence-electron chi connectivity index (χ3n) is 2.28. The van der Waals surface area contributed by atoms with Crippen LogP contribution in [0.3, 0.4) is 0 Å². The van der Waals surface area contributed by atoms with E-state index in [9.17, 15) is 5.11 Å². The van der Waals surface area contributed by atoms with Crippen LogP contribution in [-0.4, -0.2) is 16.1 Å². The minimum absolute atomic E-state index is 0.305. The van der Waals surface area contributed by atoms with Crippen molar-refractivity contribution in [1.29, 1.82) is 0 Å². The van der Waals surface area contributed by atoms with Crippen LogP contribution in [-0.2, 0) is 0 Å². The minimum Gasteiger partial charge on any atom is -0.508 e. The first-order chi connectivity index (χ1) is 6.81. The monoisotopic (exact) mass is 206 g/mol. The molecule has 0 saturated heterocycles. The number of hydrogen-bond acceptors (Lipinski definition) is 4. The highest BCUT2D eigenvalue weighted by Gasteiger charge is 2.22. The number of benzene rings is 1. The van der Waals surface area contributed by atoms with Gasteiger partial charge < -0.3 is 10.4 Å². The fourth-order valence-corrected chi connectivity index (χ4v) is 2.35. The lowest BCUT2D eigenvalue weighted by atomic mass is 10.3. The Kier molecular flexibility index (Phi) is 1.64. The molecule has 1 aromatic carbocycles. The number of aromatic hydroxyl groups is 1. The quantitative estimate of drug-likeness (QED) is 0.793. The van der Waals surface area contributed by atoms with Crippen molar-refractivity contribution in [3.8, 4) is 5.75 Å². The van der Waals surface area contributed by atoms with E-state index in [1.54, 1.807) is 23.5 Å². The number of anilines is 1. The molecule has 1 aliphatic rings. The van der Waals surface area contributed by atoms with Gasteiger partial charge >= 0.3 is 0 Å². The second kappa shape index (κ2) is 2.85. The second-order valence-corrected chi connectivity index (χ2v) is 4.62. The topological polar surface area (TPSA) is 45.2 Å². The second-order valence-electron chi connectivity index (χ2n) is 3.59. The molecule has 2 aromatic rings. The van der Waals surface area contributed by atoms with E-state index in [1.807, 2.05) is 6.07 Å². The average Bonchev–Trinajstić information content (AvgIpc) is 2.84. The SMILES string of the molecule is Oc1ccc2nc(NC3CC3)sc2c1. The number of nitrogens with zero attached hydrogens (tertiary/aromatic N) is 1. The Balaban J connectivity index is 2.01. The van der Waals surface area contributed by atoms with Crippen molar-refractivity contribution in [2.45, 2.75) is 18.9 Å². The first-order valence-electron chi connectivity index (χ1n) is 4.67. The summed E-state index contributed by atoms with van der Waals surface area (Å²) in [5, 5.41) is 13.6. The Hall–Kier alpha value is -1.29. The van der Waals surface area contributed by atoms with Gasteiger partial charge in [-0.3, -0.25) is 0 Å². The molecule has 0 bridgehead atoms. The van der Waals surface area contributed by atoms with Gasteiger partial charge in [0.2, 0.25) is 0 Å². The van der Waals surface area contributed by atoms with E-state index in [0.29, 0.717) is 11.8 Å². The Bertz CT molecular complexity index is 476. The van der Waals surface area contributed by atoms with E-state index in [0.717, 1.165) is 15.3 Å². The van der Waals surface area contributed by atoms with Crippen LogP contribution in [0.15, 0.2) is 18.2 Å². The van der Waals surface area contributed by atoms with Gasteiger partial charge in [0.1, 0.15) is 5.75 Å². The Morgan fingerprint density at radius 1 is 1.43 bits per heavy atom. The maximum absolute atomic E-state index is 9.29. The summed E-state index contributed by atoms with van der Waals surface area (Å²) >= 11 is 1.60. The van der Waals surface area contributed by atoms with Gasteiger partial charge in [-0.25, -0.2) is 4.98 Å². The van der Waals surface area contributed by atoms with Crippen LogP contribution in [0.4, 0.5) is 5.13 Å². The van der Waals surface area contributed by atoms with Crippen molar-refractivity contribution >= 4 is 26.7 Å². The molecule has 0 spiro atoms. The van der Waals surface area contributed by atoms with Crippen LogP contribution in [0.25, 0.3) is 10.2 Å². The summed E-state index contributed by atoms with van der Waals surface area (Å²) in [7, 11) is 0. The molecule has 3 rings (SSSR count). The van der Waals surface area contributed by atoms with Gasteiger partial charge in [-0.05, 0) is 31.0 Å². The number of nitrogens with one attached hydrogen (secondary N) is 1. The number of hydrogen-bond donors (Lipinski definition) is 2. The molecule has 2 N–H and O–H groups in total. The lowest BCUT2D eigenvalue weighted by molar-refractivity contribution is 0.476. The van der Waals surface area contributed by atoms with Crippen LogP contribution in [0.2, 0.25) is 0 Å². The summed E-state index contributed by atoms with van der Waals surface area (Å²) in [5.41, 5.74) is 0.955. The van der Waals surface area contributed by atoms with Gasteiger partial charge in [-0.15, -0.1) is 0 Å². The number of phenols is 1. The number of phenolic OH excluding ortho intramolecular Hbond substituents is 1. The van der Waals surface area contributed by atoms with Crippen LogP contribution in [0, 0.1) is 0 Å². The summed E-state index contributed by atoms with van der Waals surface area (Å²) in [6.45, 7) is 0. The molecule has 14 heavy (non-hydrogen) atoms. The average molecular weight is 206 g/mol. The maximum atomic E-state index is 9.29. The third-order valence-corrected chi connectivity index (χ3v) is 3.23. The molecule has 0 aliphatic heterocycles. The summed E-state index contributed by atoms with van der Waals surface area (Å²) in [4.78, 5) is 4.43. The predicted octanol–water partition coefficient (Wildman–Crippen LogP) is 2.58. The Morgan fingerprint density at radius 3 is 3.07 bits per heavy atom. The van der Waals surface area contributed by atoms with Crippen LogP contribution in [0.1, 0.15) is 12.8 Å². The standard InChI is InChI=1S/C10H10N2OS/c13-7-3-4-8-9(5-7)14-10(12-8)11-6-1-2-6/h3-6,13H,1-2H2,(H,11,12). The highest BCUT2D eigenvalue weighted by Crippen LogP contribution is 2.32. The normalized spacial score (nSPS) is 16.0. The molecule has 3 nitrogen and oxygen atoms in total. The molecule has 4 heteroatoms. The van der Waals surface area contributed by atoms with Crippen molar-refractivity contribution in [2.24, 2.45) is 0 Å². The molecule has 0 amide bonds. The first-order valence-corrected chi connectivity index (χ1v) is 5.49. The number of fused-ring (bicyclic) bond motifs is 1. The predicted molar refractivity (Wildman–Crippen MR) is 57.9 cm³/mol. The van der Waals surface area contributed by atoms with Gasteiger partial charge in [-0.1, -0.05) is 11.3 Å². The zero-order chi connectivity index (χ0) is 9.54. The molecule has 0 radical (unpaired) electrons. The summed E-state index contributed by atoms with van der Waals surface area (Å²) in [6.07, 6.45) is 2.50. The van der Waals surface area contributed by atoms with Gasteiger partial charge in [0.05, 0.1) is 10.2 Å². The van der Waals surface area contributed by atoms with Crippen molar-refractivity contribution in [1.82, 2.24) is 4.98 Å². The largest absolute Gasteiger partial charge is 0.508 e. The smallest absolute Gasteiger partial charge is 0.184 e. The zero-order valence-electron chi connectivity index (χ0n) is 7.53. The van der Waals surface area contributed by atoms with E-state index in [1.165, 1.54) is 12.8 Å². The first kappa shape index (κ1) is 8.05. The van der Waals surface area contributed by atoms with Crippen LogP contribution >= 0.6 is 11.3 Å². The van der Waals surface area contributed by atoms with Crippen molar-refractivity contribution < 1.29 is 5.11 Å². The molecule has 1 heterocycles. The Labute approximate surface area is 85.4 Å². The number of rotatable bonds is 2. The van der Waals surface area contributed by atoms with E-state index < -0.39 is 0 Å². The minimum atomic E-state index is 0.305. The number of thiazole rings is 1. The zero-order valence-corrected chi connectivity index (χ0v) is 8.34. The van der Waals surface area contributed by atoms with Gasteiger partial charge in [-0.2, -0.15) is 0 Å². The van der Waals surface area contributed by atoms with Gasteiger partial charge in [0.15, 0.2) is 5.13 Å². The fraction of sp³-hybridized carbons (Fsp3) is 0.300. The van der Waals surface area contributed by atoms with Crippen LogP contribution in [0.5, 0.6) is 5.75 Å². The van der Waals surface area contributed by atoms with E-state index in [-0.39, 0.29) is 0 Å². The maximum Gasteiger partial charge on any atom is 0.184 e. The lowest BCUT2D eigenvalue weighted by Gasteiger charge is -1.94. The van der Waals surface area contributed by atoms with Crippen molar-refractivity contribution in [3.63, 3.8) is 0 Å². The lowest BCUT2D eigenvalue weighted by Crippen LogP contribution is -1.99. The summed E-state index contributed by atoms with van der Waals surface area (Å²) in [6, 6.07) is 5.90.